The lowest BCUT2D eigenvalue weighted by molar-refractivity contribution is 0.0910. The Morgan fingerprint density at radius 2 is 0.654 bits per heavy atom. The minimum absolute atomic E-state index is 0.00312. The van der Waals surface area contributed by atoms with Crippen molar-refractivity contribution in [3.8, 4) is 0 Å². The zero-order valence-corrected chi connectivity index (χ0v) is 45.2. The van der Waals surface area contributed by atoms with Crippen LogP contribution in [0.1, 0.15) is 90.7 Å². The van der Waals surface area contributed by atoms with Gasteiger partial charge in [-0.2, -0.15) is 0 Å². The van der Waals surface area contributed by atoms with Gasteiger partial charge in [-0.15, -0.1) is 0 Å². The number of carbonyl (C=O) groups is 4. The van der Waals surface area contributed by atoms with Crippen molar-refractivity contribution in [3.63, 3.8) is 0 Å². The highest BCUT2D eigenvalue weighted by molar-refractivity contribution is 8.02. The van der Waals surface area contributed by atoms with E-state index in [1.165, 1.54) is 9.80 Å². The summed E-state index contributed by atoms with van der Waals surface area (Å²) < 4.78 is 0. The number of hydrogen-bond acceptors (Lipinski definition) is 4. The van der Waals surface area contributed by atoms with Crippen molar-refractivity contribution in [2.45, 2.75) is 38.0 Å². The molecule has 0 aromatic heterocycles. The molecule has 1 aliphatic carbocycles. The van der Waals surface area contributed by atoms with Gasteiger partial charge in [-0.05, 0) is 167 Å². The zero-order chi connectivity index (χ0) is 53.3. The second-order valence-electron chi connectivity index (χ2n) is 21.1. The molecular weight excluding hydrogens is 995 g/mol. The molecule has 0 N–H and O–H groups in total. The molecule has 0 saturated carbocycles. The number of rotatable bonds is 11. The number of benzene rings is 10. The van der Waals surface area contributed by atoms with E-state index in [2.05, 4.69) is 178 Å². The molecule has 78 heavy (non-hydrogen) atoms. The lowest BCUT2D eigenvalue weighted by Gasteiger charge is -2.31. The summed E-state index contributed by atoms with van der Waals surface area (Å²) in [5.74, 6) is -1.37. The van der Waals surface area contributed by atoms with Gasteiger partial charge in [-0.3, -0.25) is 19.2 Å². The number of nitrogens with zero attached hydrogens (tertiary/aromatic N) is 2. The van der Waals surface area contributed by atoms with Crippen LogP contribution >= 0.6 is 14.5 Å². The molecule has 2 aliphatic heterocycles. The Morgan fingerprint density at radius 3 is 1.01 bits per heavy atom. The van der Waals surface area contributed by atoms with Gasteiger partial charge in [0.05, 0.1) is 33.6 Å². The molecule has 0 radical (unpaired) electrons. The molecule has 6 nitrogen and oxygen atoms in total. The third-order valence-corrected chi connectivity index (χ3v) is 25.2. The number of imide groups is 2. The van der Waals surface area contributed by atoms with Crippen LogP contribution in [0.2, 0.25) is 0 Å². The predicted molar refractivity (Wildman–Crippen MR) is 322 cm³/mol. The first-order valence-electron chi connectivity index (χ1n) is 26.5. The van der Waals surface area contributed by atoms with Crippen LogP contribution in [0.15, 0.2) is 261 Å². The molecule has 2 unspecified atom stereocenters. The Kier molecular flexibility index (Phi) is 12.0. The number of amides is 4. The van der Waals surface area contributed by atoms with Gasteiger partial charge in [0.15, 0.2) is 0 Å². The minimum atomic E-state index is -2.53. The lowest BCUT2D eigenvalue weighted by Crippen LogP contribution is -2.38. The van der Waals surface area contributed by atoms with Crippen molar-refractivity contribution < 1.29 is 19.2 Å². The summed E-state index contributed by atoms with van der Waals surface area (Å²) in [6, 6.07) is 88.7. The summed E-state index contributed by atoms with van der Waals surface area (Å²) in [6.07, 6.45) is 0. The van der Waals surface area contributed by atoms with Gasteiger partial charge in [-0.25, -0.2) is 9.80 Å². The van der Waals surface area contributed by atoms with Crippen LogP contribution in [0.4, 0.5) is 11.4 Å². The SMILES string of the molecule is CC1c2cc(N3C(=O)c4ccc([P+](c5ccccc5)(c5ccccc5)c5ccccc5)cc4C3=O)ccc2C(C)(C)C1c1ccc(N2C(=O)c3ccc([P+](c4ccccc4)(c4ccccc4)c4ccccc4)cc3C2=O)cc1. The molecule has 13 rings (SSSR count). The quantitative estimate of drug-likeness (QED) is 0.0955. The average Bonchev–Trinajstić information content (AvgIpc) is 4.16. The van der Waals surface area contributed by atoms with Crippen molar-refractivity contribution in [1.82, 2.24) is 0 Å². The highest BCUT2D eigenvalue weighted by Crippen LogP contribution is 2.58. The van der Waals surface area contributed by atoms with E-state index in [9.17, 15) is 19.2 Å². The van der Waals surface area contributed by atoms with E-state index < -0.39 is 14.5 Å². The highest BCUT2D eigenvalue weighted by Gasteiger charge is 2.52. The fraction of sp³-hybridized carbons (Fsp3) is 0.0857. The molecule has 0 fully saturated rings. The Bertz CT molecular complexity index is 3790. The molecule has 0 bridgehead atoms. The number of hydrogen-bond donors (Lipinski definition) is 0. The maximum Gasteiger partial charge on any atom is 0.266 e. The first-order chi connectivity index (χ1) is 38.0. The van der Waals surface area contributed by atoms with Crippen molar-refractivity contribution in [3.05, 3.63) is 300 Å². The molecule has 0 saturated heterocycles. The van der Waals surface area contributed by atoms with Gasteiger partial charge < -0.3 is 0 Å². The van der Waals surface area contributed by atoms with Crippen molar-refractivity contribution >= 4 is 92.0 Å². The topological polar surface area (TPSA) is 74.8 Å². The van der Waals surface area contributed by atoms with Crippen LogP contribution < -0.4 is 52.2 Å². The number of carbonyl (C=O) groups excluding carboxylic acids is 4. The molecular formula is C70H54N2O4P2+2. The molecule has 376 valence electrons. The summed E-state index contributed by atoms with van der Waals surface area (Å²) in [5.41, 5.74) is 5.55. The van der Waals surface area contributed by atoms with E-state index >= 15 is 0 Å². The minimum Gasteiger partial charge on any atom is -0.268 e. The third kappa shape index (κ3) is 7.38. The smallest absolute Gasteiger partial charge is 0.266 e. The van der Waals surface area contributed by atoms with Gasteiger partial charge in [0, 0.05) is 0 Å². The predicted octanol–water partition coefficient (Wildman–Crippen LogP) is 11.7. The first kappa shape index (κ1) is 48.9. The third-order valence-electron chi connectivity index (χ3n) is 16.6. The average molecular weight is 1050 g/mol. The van der Waals surface area contributed by atoms with Gasteiger partial charge in [0.2, 0.25) is 0 Å². The number of anilines is 2. The summed E-state index contributed by atoms with van der Waals surface area (Å²) >= 11 is 0. The number of fused-ring (bicyclic) bond motifs is 3. The van der Waals surface area contributed by atoms with Crippen molar-refractivity contribution in [2.75, 3.05) is 9.80 Å². The van der Waals surface area contributed by atoms with E-state index in [1.807, 2.05) is 103 Å². The monoisotopic (exact) mass is 1050 g/mol. The van der Waals surface area contributed by atoms with E-state index in [0.29, 0.717) is 33.6 Å². The van der Waals surface area contributed by atoms with Gasteiger partial charge in [-0.1, -0.05) is 148 Å². The Labute approximate surface area is 456 Å². The van der Waals surface area contributed by atoms with Crippen LogP contribution in [0.3, 0.4) is 0 Å². The molecule has 10 aromatic carbocycles. The standard InChI is InChI=1S/C70H54N2O4P2/c1-47-61-44-50(72-67(74)60-42-40-58(46-63(60)69(72)76)78(54-28-16-7-17-29-54,55-30-18-8-19-31-55)56-32-20-9-21-33-56)38-43-64(61)70(2,3)65(47)48-34-36-49(37-35-48)71-66(73)59-41-39-57(45-62(59)68(71)75)77(51-22-10-4-11-23-51,52-24-12-5-13-25-52)53-26-14-6-15-27-53/h4-47,65H,1-3H3/q+2. The van der Waals surface area contributed by atoms with E-state index in [1.54, 1.807) is 0 Å². The first-order valence-corrected chi connectivity index (χ1v) is 30.1. The largest absolute Gasteiger partial charge is 0.268 e. The summed E-state index contributed by atoms with van der Waals surface area (Å²) in [6.45, 7) is 6.68. The summed E-state index contributed by atoms with van der Waals surface area (Å²) in [5, 5.41) is 8.92. The van der Waals surface area contributed by atoms with Gasteiger partial charge in [0.25, 0.3) is 23.6 Å². The fourth-order valence-corrected chi connectivity index (χ4v) is 21.7. The van der Waals surface area contributed by atoms with E-state index in [4.69, 9.17) is 0 Å². The summed E-state index contributed by atoms with van der Waals surface area (Å²) in [7, 11) is -5.05. The molecule has 8 heteroatoms. The Morgan fingerprint density at radius 1 is 0.333 bits per heavy atom. The van der Waals surface area contributed by atoms with Crippen molar-refractivity contribution in [1.29, 1.82) is 0 Å². The maximum atomic E-state index is 14.9. The molecule has 3 aliphatic rings. The van der Waals surface area contributed by atoms with Crippen LogP contribution in [0.25, 0.3) is 0 Å². The van der Waals surface area contributed by atoms with Crippen molar-refractivity contribution in [2.24, 2.45) is 0 Å². The second-order valence-corrected chi connectivity index (χ2v) is 27.9. The zero-order valence-electron chi connectivity index (χ0n) is 43.4. The Hall–Kier alpha value is -8.66. The van der Waals surface area contributed by atoms with Gasteiger partial charge in [0.1, 0.15) is 57.0 Å². The van der Waals surface area contributed by atoms with Gasteiger partial charge >= 0.3 is 0 Å². The lowest BCUT2D eigenvalue weighted by atomic mass is 9.72. The second kappa shape index (κ2) is 19.1. The van der Waals surface area contributed by atoms with E-state index in [0.717, 1.165) is 59.1 Å². The van der Waals surface area contributed by atoms with Crippen LogP contribution in [0, 0.1) is 0 Å². The Balaban J connectivity index is 0.802. The summed E-state index contributed by atoms with van der Waals surface area (Å²) in [4.78, 5) is 61.1. The van der Waals surface area contributed by atoms with Crippen LogP contribution in [0.5, 0.6) is 0 Å². The normalized spacial score (nSPS) is 16.6. The molecule has 4 amide bonds. The molecule has 2 atom stereocenters. The van der Waals surface area contributed by atoms with Crippen LogP contribution in [-0.4, -0.2) is 23.6 Å². The maximum absolute atomic E-state index is 14.9. The highest BCUT2D eigenvalue weighted by atomic mass is 31.2. The van der Waals surface area contributed by atoms with Crippen LogP contribution in [-0.2, 0) is 5.41 Å². The fourth-order valence-electron chi connectivity index (χ4n) is 13.2. The molecule has 0 spiro atoms. The molecule has 10 aromatic rings. The molecule has 2 heterocycles. The van der Waals surface area contributed by atoms with E-state index in [-0.39, 0.29) is 40.9 Å².